The largest absolute Gasteiger partial charge is 0.486 e. The van der Waals surface area contributed by atoms with Crippen molar-refractivity contribution in [2.45, 2.75) is 25.7 Å². The molecule has 0 unspecified atom stereocenters. The Hall–Kier alpha value is -1.76. The average molecular weight is 397 g/mol. The third-order valence-corrected chi connectivity index (χ3v) is 4.90. The fourth-order valence-corrected chi connectivity index (χ4v) is 3.38. The van der Waals surface area contributed by atoms with Gasteiger partial charge in [0.1, 0.15) is 13.2 Å². The molecular formula is C17H21BrN2O4. The molecule has 0 aliphatic carbocycles. The molecular weight excluding hydrogens is 376 g/mol. The van der Waals surface area contributed by atoms with Crippen molar-refractivity contribution in [1.82, 2.24) is 10.2 Å². The number of halogens is 1. The summed E-state index contributed by atoms with van der Waals surface area (Å²) in [6, 6.07) is 3.69. The molecule has 1 saturated heterocycles. The SMILES string of the molecule is O=C(Cc1cc2c(cc1Br)OCCO2)NCCCN1CCCC1=O. The minimum atomic E-state index is -0.0415. The molecule has 0 atom stereocenters. The zero-order valence-electron chi connectivity index (χ0n) is 13.5. The summed E-state index contributed by atoms with van der Waals surface area (Å²) < 4.78 is 11.9. The minimum absolute atomic E-state index is 0.0415. The van der Waals surface area contributed by atoms with Crippen molar-refractivity contribution in [3.63, 3.8) is 0 Å². The molecule has 24 heavy (non-hydrogen) atoms. The van der Waals surface area contributed by atoms with Gasteiger partial charge in [-0.2, -0.15) is 0 Å². The summed E-state index contributed by atoms with van der Waals surface area (Å²) >= 11 is 3.48. The number of likely N-dealkylation sites (tertiary alicyclic amines) is 1. The molecule has 7 heteroatoms. The highest BCUT2D eigenvalue weighted by atomic mass is 79.9. The minimum Gasteiger partial charge on any atom is -0.486 e. The fourth-order valence-electron chi connectivity index (χ4n) is 2.92. The Morgan fingerprint density at radius 3 is 2.71 bits per heavy atom. The lowest BCUT2D eigenvalue weighted by atomic mass is 10.1. The summed E-state index contributed by atoms with van der Waals surface area (Å²) in [4.78, 5) is 25.5. The number of hydrogen-bond acceptors (Lipinski definition) is 4. The third kappa shape index (κ3) is 4.20. The Labute approximate surface area is 149 Å². The van der Waals surface area contributed by atoms with Gasteiger partial charge in [0.2, 0.25) is 11.8 Å². The van der Waals surface area contributed by atoms with Crippen molar-refractivity contribution in [3.05, 3.63) is 22.2 Å². The first kappa shape index (κ1) is 17.1. The van der Waals surface area contributed by atoms with Crippen LogP contribution in [0.2, 0.25) is 0 Å². The van der Waals surface area contributed by atoms with Gasteiger partial charge in [0, 0.05) is 30.5 Å². The average Bonchev–Trinajstić information content (AvgIpc) is 2.97. The molecule has 0 bridgehead atoms. The monoisotopic (exact) mass is 396 g/mol. The maximum Gasteiger partial charge on any atom is 0.224 e. The van der Waals surface area contributed by atoms with Gasteiger partial charge in [-0.3, -0.25) is 9.59 Å². The van der Waals surface area contributed by atoms with Gasteiger partial charge in [-0.05, 0) is 30.5 Å². The Balaban J connectivity index is 1.45. The fraction of sp³-hybridized carbons (Fsp3) is 0.529. The van der Waals surface area contributed by atoms with Crippen LogP contribution in [0, 0.1) is 0 Å². The molecule has 1 N–H and O–H groups in total. The first-order valence-corrected chi connectivity index (χ1v) is 9.05. The number of ether oxygens (including phenoxy) is 2. The maximum atomic E-state index is 12.1. The number of nitrogens with zero attached hydrogens (tertiary/aromatic N) is 1. The van der Waals surface area contributed by atoms with Crippen molar-refractivity contribution >= 4 is 27.7 Å². The van der Waals surface area contributed by atoms with E-state index in [1.807, 2.05) is 17.0 Å². The number of nitrogens with one attached hydrogen (secondary N) is 1. The summed E-state index contributed by atoms with van der Waals surface area (Å²) in [5, 5.41) is 2.91. The number of carbonyl (C=O) groups excluding carboxylic acids is 2. The Kier molecular flexibility index (Phi) is 5.60. The zero-order chi connectivity index (χ0) is 16.9. The molecule has 2 aliphatic rings. The third-order valence-electron chi connectivity index (χ3n) is 4.16. The second kappa shape index (κ2) is 7.88. The molecule has 3 rings (SSSR count). The number of amides is 2. The van der Waals surface area contributed by atoms with Gasteiger partial charge < -0.3 is 19.7 Å². The summed E-state index contributed by atoms with van der Waals surface area (Å²) in [6.07, 6.45) is 2.66. The summed E-state index contributed by atoms with van der Waals surface area (Å²) in [7, 11) is 0. The Morgan fingerprint density at radius 1 is 1.25 bits per heavy atom. The van der Waals surface area contributed by atoms with Gasteiger partial charge in [0.25, 0.3) is 0 Å². The van der Waals surface area contributed by atoms with Crippen molar-refractivity contribution in [3.8, 4) is 11.5 Å². The van der Waals surface area contributed by atoms with Gasteiger partial charge in [0.05, 0.1) is 6.42 Å². The van der Waals surface area contributed by atoms with Crippen LogP contribution >= 0.6 is 15.9 Å². The molecule has 2 amide bonds. The van der Waals surface area contributed by atoms with Crippen LogP contribution in [0.1, 0.15) is 24.8 Å². The number of hydrogen-bond donors (Lipinski definition) is 1. The molecule has 6 nitrogen and oxygen atoms in total. The summed E-state index contributed by atoms with van der Waals surface area (Å²) in [5.74, 6) is 1.56. The van der Waals surface area contributed by atoms with Gasteiger partial charge in [-0.25, -0.2) is 0 Å². The van der Waals surface area contributed by atoms with E-state index in [1.165, 1.54) is 0 Å². The van der Waals surface area contributed by atoms with Gasteiger partial charge in [-0.15, -0.1) is 0 Å². The molecule has 0 radical (unpaired) electrons. The predicted molar refractivity (Wildman–Crippen MR) is 92.3 cm³/mol. The van der Waals surface area contributed by atoms with Crippen LogP contribution in [0.5, 0.6) is 11.5 Å². The maximum absolute atomic E-state index is 12.1. The standard InChI is InChI=1S/C17H21BrN2O4/c18-13-11-15-14(23-7-8-24-15)9-12(13)10-16(21)19-4-2-6-20-5-1-3-17(20)22/h9,11H,1-8,10H2,(H,19,21). The van der Waals surface area contributed by atoms with E-state index >= 15 is 0 Å². The van der Waals surface area contributed by atoms with E-state index in [0.717, 1.165) is 29.4 Å². The lowest BCUT2D eigenvalue weighted by molar-refractivity contribution is -0.127. The molecule has 1 fully saturated rings. The van der Waals surface area contributed by atoms with E-state index in [0.29, 0.717) is 44.2 Å². The number of rotatable bonds is 6. The highest BCUT2D eigenvalue weighted by Crippen LogP contribution is 2.35. The highest BCUT2D eigenvalue weighted by molar-refractivity contribution is 9.10. The predicted octanol–water partition coefficient (Wildman–Crippen LogP) is 1.89. The van der Waals surface area contributed by atoms with Crippen LogP contribution in [0.3, 0.4) is 0 Å². The first-order valence-electron chi connectivity index (χ1n) is 8.26. The number of carbonyl (C=O) groups is 2. The summed E-state index contributed by atoms with van der Waals surface area (Å²) in [5.41, 5.74) is 0.867. The van der Waals surface area contributed by atoms with Crippen LogP contribution in [-0.4, -0.2) is 49.6 Å². The van der Waals surface area contributed by atoms with Crippen LogP contribution < -0.4 is 14.8 Å². The Bertz CT molecular complexity index is 635. The lowest BCUT2D eigenvalue weighted by Gasteiger charge is -2.20. The molecule has 2 heterocycles. The van der Waals surface area contributed by atoms with Crippen molar-refractivity contribution in [2.75, 3.05) is 32.8 Å². The van der Waals surface area contributed by atoms with Crippen molar-refractivity contribution in [2.24, 2.45) is 0 Å². The number of fused-ring (bicyclic) bond motifs is 1. The molecule has 0 saturated carbocycles. The van der Waals surface area contributed by atoms with Crippen molar-refractivity contribution < 1.29 is 19.1 Å². The van der Waals surface area contributed by atoms with E-state index in [2.05, 4.69) is 21.2 Å². The van der Waals surface area contributed by atoms with E-state index in [4.69, 9.17) is 9.47 Å². The van der Waals surface area contributed by atoms with Crippen molar-refractivity contribution in [1.29, 1.82) is 0 Å². The first-order chi connectivity index (χ1) is 11.6. The van der Waals surface area contributed by atoms with E-state index in [1.54, 1.807) is 0 Å². The second-order valence-electron chi connectivity index (χ2n) is 5.95. The Morgan fingerprint density at radius 2 is 2.00 bits per heavy atom. The number of benzene rings is 1. The smallest absolute Gasteiger partial charge is 0.224 e. The van der Waals surface area contributed by atoms with Crippen LogP contribution in [0.4, 0.5) is 0 Å². The van der Waals surface area contributed by atoms with Gasteiger partial charge >= 0.3 is 0 Å². The van der Waals surface area contributed by atoms with Crippen LogP contribution in [0.15, 0.2) is 16.6 Å². The molecule has 0 aromatic heterocycles. The molecule has 2 aliphatic heterocycles. The highest BCUT2D eigenvalue weighted by Gasteiger charge is 2.19. The van der Waals surface area contributed by atoms with Gasteiger partial charge in [-0.1, -0.05) is 15.9 Å². The molecule has 1 aromatic carbocycles. The molecule has 130 valence electrons. The van der Waals surface area contributed by atoms with Crippen LogP contribution in [0.25, 0.3) is 0 Å². The molecule has 1 aromatic rings. The lowest BCUT2D eigenvalue weighted by Crippen LogP contribution is -2.31. The van der Waals surface area contributed by atoms with Gasteiger partial charge in [0.15, 0.2) is 11.5 Å². The topological polar surface area (TPSA) is 67.9 Å². The van der Waals surface area contributed by atoms with E-state index in [9.17, 15) is 9.59 Å². The van der Waals surface area contributed by atoms with E-state index in [-0.39, 0.29) is 18.2 Å². The van der Waals surface area contributed by atoms with E-state index < -0.39 is 0 Å². The molecule has 0 spiro atoms. The normalized spacial score (nSPS) is 16.4. The second-order valence-corrected chi connectivity index (χ2v) is 6.81. The van der Waals surface area contributed by atoms with Crippen LogP contribution in [-0.2, 0) is 16.0 Å². The zero-order valence-corrected chi connectivity index (χ0v) is 15.1. The summed E-state index contributed by atoms with van der Waals surface area (Å²) in [6.45, 7) is 3.20. The quantitative estimate of drug-likeness (QED) is 0.745.